The fourth-order valence-electron chi connectivity index (χ4n) is 2.17. The van der Waals surface area contributed by atoms with Crippen LogP contribution in [0.5, 0.6) is 0 Å². The highest BCUT2D eigenvalue weighted by Gasteiger charge is 2.28. The standard InChI is InChI=1S/C14H15N3O2/c1-10-8-17(9-10)13(18)7-12-15-16-14(19-12)11-5-3-2-4-6-11/h2-6,10H,7-9H2,1H3. The van der Waals surface area contributed by atoms with Gasteiger partial charge in [0, 0.05) is 18.7 Å². The molecule has 1 aromatic carbocycles. The highest BCUT2D eigenvalue weighted by molar-refractivity contribution is 5.78. The molecule has 0 aliphatic carbocycles. The predicted octanol–water partition coefficient (Wildman–Crippen LogP) is 1.76. The Bertz CT molecular complexity index is 573. The molecule has 2 heterocycles. The summed E-state index contributed by atoms with van der Waals surface area (Å²) in [5, 5.41) is 7.90. The summed E-state index contributed by atoms with van der Waals surface area (Å²) >= 11 is 0. The lowest BCUT2D eigenvalue weighted by atomic mass is 10.0. The minimum absolute atomic E-state index is 0.0568. The molecule has 19 heavy (non-hydrogen) atoms. The van der Waals surface area contributed by atoms with Gasteiger partial charge in [0.1, 0.15) is 6.42 Å². The molecule has 0 saturated carbocycles. The molecule has 0 unspecified atom stereocenters. The van der Waals surface area contributed by atoms with Gasteiger partial charge in [0.05, 0.1) is 0 Å². The zero-order valence-corrected chi connectivity index (χ0v) is 10.7. The van der Waals surface area contributed by atoms with Crippen LogP contribution in [0.2, 0.25) is 0 Å². The number of carbonyl (C=O) groups is 1. The monoisotopic (exact) mass is 257 g/mol. The maximum atomic E-state index is 11.9. The van der Waals surface area contributed by atoms with E-state index in [1.807, 2.05) is 35.2 Å². The van der Waals surface area contributed by atoms with Gasteiger partial charge in [-0.25, -0.2) is 0 Å². The maximum Gasteiger partial charge on any atom is 0.247 e. The van der Waals surface area contributed by atoms with Crippen LogP contribution in [-0.2, 0) is 11.2 Å². The first-order valence-electron chi connectivity index (χ1n) is 6.38. The van der Waals surface area contributed by atoms with Gasteiger partial charge in [-0.2, -0.15) is 0 Å². The number of amides is 1. The Morgan fingerprint density at radius 2 is 2.05 bits per heavy atom. The molecule has 98 valence electrons. The number of hydrogen-bond donors (Lipinski definition) is 0. The minimum Gasteiger partial charge on any atom is -0.420 e. The quantitative estimate of drug-likeness (QED) is 0.840. The number of nitrogens with zero attached hydrogens (tertiary/aromatic N) is 3. The van der Waals surface area contributed by atoms with E-state index in [1.54, 1.807) is 0 Å². The molecule has 0 N–H and O–H groups in total. The lowest BCUT2D eigenvalue weighted by molar-refractivity contribution is -0.136. The van der Waals surface area contributed by atoms with Crippen molar-refractivity contribution in [1.82, 2.24) is 15.1 Å². The van der Waals surface area contributed by atoms with E-state index < -0.39 is 0 Å². The molecule has 0 bridgehead atoms. The van der Waals surface area contributed by atoms with Gasteiger partial charge in [-0.3, -0.25) is 4.79 Å². The summed E-state index contributed by atoms with van der Waals surface area (Å²) in [4.78, 5) is 13.7. The van der Waals surface area contributed by atoms with Crippen molar-refractivity contribution in [2.24, 2.45) is 5.92 Å². The Labute approximate surface area is 111 Å². The van der Waals surface area contributed by atoms with Gasteiger partial charge >= 0.3 is 0 Å². The second-order valence-corrected chi connectivity index (χ2v) is 4.95. The van der Waals surface area contributed by atoms with E-state index in [9.17, 15) is 4.79 Å². The first kappa shape index (κ1) is 11.9. The van der Waals surface area contributed by atoms with E-state index >= 15 is 0 Å². The third-order valence-electron chi connectivity index (χ3n) is 3.21. The fraction of sp³-hybridized carbons (Fsp3) is 0.357. The summed E-state index contributed by atoms with van der Waals surface area (Å²) < 4.78 is 5.52. The lowest BCUT2D eigenvalue weighted by Gasteiger charge is -2.36. The highest BCUT2D eigenvalue weighted by Crippen LogP contribution is 2.19. The molecular formula is C14H15N3O2. The van der Waals surface area contributed by atoms with Gasteiger partial charge < -0.3 is 9.32 Å². The van der Waals surface area contributed by atoms with Crippen molar-refractivity contribution in [3.8, 4) is 11.5 Å². The van der Waals surface area contributed by atoms with Crippen molar-refractivity contribution >= 4 is 5.91 Å². The summed E-state index contributed by atoms with van der Waals surface area (Å²) in [6.45, 7) is 3.79. The van der Waals surface area contributed by atoms with Crippen LogP contribution in [0.4, 0.5) is 0 Å². The molecular weight excluding hydrogens is 242 g/mol. The largest absolute Gasteiger partial charge is 0.420 e. The fourth-order valence-corrected chi connectivity index (χ4v) is 2.17. The van der Waals surface area contributed by atoms with Crippen molar-refractivity contribution in [3.05, 3.63) is 36.2 Å². The van der Waals surface area contributed by atoms with Gasteiger partial charge in [0.15, 0.2) is 0 Å². The minimum atomic E-state index is 0.0568. The predicted molar refractivity (Wildman–Crippen MR) is 69.2 cm³/mol. The molecule has 0 spiro atoms. The van der Waals surface area contributed by atoms with Gasteiger partial charge in [-0.1, -0.05) is 25.1 Å². The van der Waals surface area contributed by atoms with Crippen LogP contribution in [0.3, 0.4) is 0 Å². The van der Waals surface area contributed by atoms with Gasteiger partial charge in [-0.05, 0) is 18.1 Å². The Morgan fingerprint density at radius 3 is 2.74 bits per heavy atom. The van der Waals surface area contributed by atoms with Gasteiger partial charge in [0.2, 0.25) is 17.7 Å². The Kier molecular flexibility index (Phi) is 3.03. The first-order valence-corrected chi connectivity index (χ1v) is 6.38. The van der Waals surface area contributed by atoms with E-state index in [4.69, 9.17) is 4.42 Å². The third-order valence-corrected chi connectivity index (χ3v) is 3.21. The molecule has 0 radical (unpaired) electrons. The van der Waals surface area contributed by atoms with E-state index in [0.29, 0.717) is 17.7 Å². The Morgan fingerprint density at radius 1 is 1.32 bits per heavy atom. The van der Waals surface area contributed by atoms with Gasteiger partial charge in [0.25, 0.3) is 0 Å². The van der Waals surface area contributed by atoms with Crippen molar-refractivity contribution in [2.75, 3.05) is 13.1 Å². The van der Waals surface area contributed by atoms with Crippen LogP contribution in [0, 0.1) is 5.92 Å². The Balaban J connectivity index is 1.67. The topological polar surface area (TPSA) is 59.2 Å². The zero-order valence-electron chi connectivity index (χ0n) is 10.7. The zero-order chi connectivity index (χ0) is 13.2. The highest BCUT2D eigenvalue weighted by atomic mass is 16.4. The van der Waals surface area contributed by atoms with Crippen LogP contribution in [0.1, 0.15) is 12.8 Å². The second kappa shape index (κ2) is 4.84. The van der Waals surface area contributed by atoms with Crippen LogP contribution < -0.4 is 0 Å². The molecule has 3 rings (SSSR count). The molecule has 1 aliphatic rings. The number of likely N-dealkylation sites (tertiary alicyclic amines) is 1. The molecule has 1 amide bonds. The van der Waals surface area contributed by atoms with Crippen LogP contribution in [0.25, 0.3) is 11.5 Å². The summed E-state index contributed by atoms with van der Waals surface area (Å²) in [7, 11) is 0. The van der Waals surface area contributed by atoms with Crippen molar-refractivity contribution in [3.63, 3.8) is 0 Å². The Hall–Kier alpha value is -2.17. The van der Waals surface area contributed by atoms with Crippen LogP contribution >= 0.6 is 0 Å². The number of hydrogen-bond acceptors (Lipinski definition) is 4. The molecule has 1 aromatic heterocycles. The van der Waals surface area contributed by atoms with E-state index in [-0.39, 0.29) is 12.3 Å². The van der Waals surface area contributed by atoms with E-state index in [1.165, 1.54) is 0 Å². The molecule has 2 aromatic rings. The second-order valence-electron chi connectivity index (χ2n) is 4.95. The van der Waals surface area contributed by atoms with Gasteiger partial charge in [-0.15, -0.1) is 10.2 Å². The SMILES string of the molecule is CC1CN(C(=O)Cc2nnc(-c3ccccc3)o2)C1. The molecule has 1 fully saturated rings. The molecule has 5 nitrogen and oxygen atoms in total. The summed E-state index contributed by atoms with van der Waals surface area (Å²) in [6, 6.07) is 9.54. The molecule has 0 atom stereocenters. The smallest absolute Gasteiger partial charge is 0.247 e. The van der Waals surface area contributed by atoms with Crippen LogP contribution in [-0.4, -0.2) is 34.1 Å². The van der Waals surface area contributed by atoms with Crippen molar-refractivity contribution in [1.29, 1.82) is 0 Å². The summed E-state index contributed by atoms with van der Waals surface area (Å²) in [6.07, 6.45) is 0.187. The number of aromatic nitrogens is 2. The maximum absolute atomic E-state index is 11.9. The number of rotatable bonds is 3. The lowest BCUT2D eigenvalue weighted by Crippen LogP contribution is -2.49. The van der Waals surface area contributed by atoms with E-state index in [0.717, 1.165) is 18.7 Å². The average Bonchev–Trinajstić information content (AvgIpc) is 2.84. The normalized spacial score (nSPS) is 15.3. The first-order chi connectivity index (χ1) is 9.22. The summed E-state index contributed by atoms with van der Waals surface area (Å²) in [5.74, 6) is 1.50. The number of carbonyl (C=O) groups excluding carboxylic acids is 1. The molecule has 5 heteroatoms. The van der Waals surface area contributed by atoms with Crippen LogP contribution in [0.15, 0.2) is 34.7 Å². The van der Waals surface area contributed by atoms with Crippen molar-refractivity contribution < 1.29 is 9.21 Å². The average molecular weight is 257 g/mol. The van der Waals surface area contributed by atoms with E-state index in [2.05, 4.69) is 17.1 Å². The van der Waals surface area contributed by atoms with Crippen molar-refractivity contribution in [2.45, 2.75) is 13.3 Å². The number of benzene rings is 1. The summed E-state index contributed by atoms with van der Waals surface area (Å²) in [5.41, 5.74) is 0.867. The third kappa shape index (κ3) is 2.50. The molecule has 1 aliphatic heterocycles. The molecule has 1 saturated heterocycles.